The molecule has 0 saturated heterocycles. The molecule has 2 aromatic rings. The molecule has 0 saturated carbocycles. The number of aryl methyl sites for hydroxylation is 1. The van der Waals surface area contributed by atoms with E-state index in [1.54, 1.807) is 4.68 Å². The van der Waals surface area contributed by atoms with Crippen LogP contribution in [-0.4, -0.2) is 24.9 Å². The zero-order chi connectivity index (χ0) is 12.5. The summed E-state index contributed by atoms with van der Waals surface area (Å²) in [5.74, 6) is 1.59. The van der Waals surface area contributed by atoms with Crippen molar-refractivity contribution in [1.82, 2.24) is 24.9 Å². The van der Waals surface area contributed by atoms with E-state index < -0.39 is 5.54 Å². The van der Waals surface area contributed by atoms with Gasteiger partial charge < -0.3 is 10.3 Å². The van der Waals surface area contributed by atoms with Gasteiger partial charge in [-0.05, 0) is 13.8 Å². The van der Waals surface area contributed by atoms with E-state index in [1.165, 1.54) is 18.1 Å². The number of rotatable bonds is 4. The van der Waals surface area contributed by atoms with Gasteiger partial charge in [-0.1, -0.05) is 16.9 Å². The lowest BCUT2D eigenvalue weighted by Crippen LogP contribution is -2.30. The molecule has 2 rings (SSSR count). The number of aromatic nitrogens is 5. The Hall–Kier alpha value is -1.41. The zero-order valence-corrected chi connectivity index (χ0v) is 10.7. The van der Waals surface area contributed by atoms with E-state index in [0.29, 0.717) is 17.5 Å². The van der Waals surface area contributed by atoms with Crippen molar-refractivity contribution in [1.29, 1.82) is 0 Å². The van der Waals surface area contributed by atoms with Crippen LogP contribution in [0, 0.1) is 0 Å². The maximum Gasteiger partial charge on any atom is 0.237 e. The molecular weight excluding hydrogens is 240 g/mol. The summed E-state index contributed by atoms with van der Waals surface area (Å²) in [6, 6.07) is 0. The van der Waals surface area contributed by atoms with Gasteiger partial charge in [-0.3, -0.25) is 0 Å². The van der Waals surface area contributed by atoms with Crippen molar-refractivity contribution in [2.24, 2.45) is 12.8 Å². The number of thioether (sulfide) groups is 1. The first kappa shape index (κ1) is 12.1. The van der Waals surface area contributed by atoms with E-state index in [2.05, 4.69) is 20.2 Å². The molecule has 92 valence electrons. The fraction of sp³-hybridized carbons (Fsp3) is 0.556. The van der Waals surface area contributed by atoms with Gasteiger partial charge >= 0.3 is 0 Å². The van der Waals surface area contributed by atoms with Gasteiger partial charge in [-0.15, -0.1) is 0 Å². The summed E-state index contributed by atoms with van der Waals surface area (Å²) >= 11 is 1.48. The molecule has 0 bridgehead atoms. The Kier molecular flexibility index (Phi) is 3.16. The van der Waals surface area contributed by atoms with Gasteiger partial charge in [0.2, 0.25) is 5.89 Å². The van der Waals surface area contributed by atoms with Crippen molar-refractivity contribution in [3.63, 3.8) is 0 Å². The second kappa shape index (κ2) is 4.46. The van der Waals surface area contributed by atoms with Gasteiger partial charge in [0.05, 0.1) is 11.3 Å². The van der Waals surface area contributed by atoms with E-state index >= 15 is 0 Å². The molecule has 17 heavy (non-hydrogen) atoms. The van der Waals surface area contributed by atoms with Crippen LogP contribution in [0.2, 0.25) is 0 Å². The normalized spacial score (nSPS) is 12.0. The van der Waals surface area contributed by atoms with E-state index in [9.17, 15) is 0 Å². The van der Waals surface area contributed by atoms with Gasteiger partial charge in [0.25, 0.3) is 0 Å². The highest BCUT2D eigenvalue weighted by molar-refractivity contribution is 7.98. The molecule has 0 aromatic carbocycles. The van der Waals surface area contributed by atoms with Crippen LogP contribution in [0.25, 0.3) is 0 Å². The summed E-state index contributed by atoms with van der Waals surface area (Å²) in [7, 11) is 1.83. The second-order valence-corrected chi connectivity index (χ2v) is 5.13. The summed E-state index contributed by atoms with van der Waals surface area (Å²) in [6.45, 7) is 3.66. The first-order valence-electron chi connectivity index (χ1n) is 5.05. The third kappa shape index (κ3) is 2.83. The van der Waals surface area contributed by atoms with Crippen molar-refractivity contribution in [3.8, 4) is 0 Å². The molecular formula is C9H14N6OS. The van der Waals surface area contributed by atoms with Crippen molar-refractivity contribution >= 4 is 11.8 Å². The van der Waals surface area contributed by atoms with Crippen LogP contribution in [0.1, 0.15) is 25.6 Å². The lowest BCUT2D eigenvalue weighted by molar-refractivity contribution is 0.369. The van der Waals surface area contributed by atoms with E-state index in [1.807, 2.05) is 20.9 Å². The van der Waals surface area contributed by atoms with Crippen LogP contribution in [0.3, 0.4) is 0 Å². The number of nitrogens with two attached hydrogens (primary N) is 1. The molecule has 2 N–H and O–H groups in total. The fourth-order valence-electron chi connectivity index (χ4n) is 1.12. The molecule has 0 fully saturated rings. The van der Waals surface area contributed by atoms with Crippen molar-refractivity contribution in [2.75, 3.05) is 0 Å². The Morgan fingerprint density at radius 3 is 2.82 bits per heavy atom. The molecule has 0 atom stereocenters. The van der Waals surface area contributed by atoms with Crippen LogP contribution in [0.5, 0.6) is 0 Å². The Bertz CT molecular complexity index is 500. The highest BCUT2D eigenvalue weighted by Crippen LogP contribution is 2.20. The Labute approximate surface area is 103 Å². The third-order valence-corrected chi connectivity index (χ3v) is 3.06. The molecule has 0 amide bonds. The predicted octanol–water partition coefficient (Wildman–Crippen LogP) is 0.684. The number of hydrogen-bond acceptors (Lipinski definition) is 7. The summed E-state index contributed by atoms with van der Waals surface area (Å²) in [4.78, 5) is 8.32. The van der Waals surface area contributed by atoms with Crippen molar-refractivity contribution in [2.45, 2.75) is 30.3 Å². The molecule has 0 aliphatic carbocycles. The molecule has 0 spiro atoms. The van der Waals surface area contributed by atoms with Crippen LogP contribution in [-0.2, 0) is 18.3 Å². The highest BCUT2D eigenvalue weighted by atomic mass is 32.2. The second-order valence-electron chi connectivity index (χ2n) is 4.19. The maximum atomic E-state index is 5.87. The molecule has 7 nitrogen and oxygen atoms in total. The van der Waals surface area contributed by atoms with Gasteiger partial charge in [0, 0.05) is 7.05 Å². The van der Waals surface area contributed by atoms with E-state index in [4.69, 9.17) is 10.3 Å². The highest BCUT2D eigenvalue weighted by Gasteiger charge is 2.21. The average Bonchev–Trinajstić information content (AvgIpc) is 2.82. The standard InChI is InChI=1S/C9H14N6OS/c1-9(2,10)7-13-6(16-14-7)4-17-8-11-5-12-15(8)3/h5H,4,10H2,1-3H3. The number of nitrogens with zero attached hydrogens (tertiary/aromatic N) is 5. The van der Waals surface area contributed by atoms with Gasteiger partial charge in [-0.2, -0.15) is 10.1 Å². The summed E-state index contributed by atoms with van der Waals surface area (Å²) < 4.78 is 6.80. The quantitative estimate of drug-likeness (QED) is 0.801. The van der Waals surface area contributed by atoms with E-state index in [-0.39, 0.29) is 0 Å². The van der Waals surface area contributed by atoms with Crippen LogP contribution < -0.4 is 5.73 Å². The minimum absolute atomic E-state index is 0.506. The molecule has 2 heterocycles. The molecule has 0 radical (unpaired) electrons. The Morgan fingerprint density at radius 1 is 1.53 bits per heavy atom. The Morgan fingerprint density at radius 2 is 2.29 bits per heavy atom. The summed E-state index contributed by atoms with van der Waals surface area (Å²) in [5.41, 5.74) is 5.28. The average molecular weight is 254 g/mol. The zero-order valence-electron chi connectivity index (χ0n) is 9.91. The maximum absolute atomic E-state index is 5.87. The lowest BCUT2D eigenvalue weighted by Gasteiger charge is -2.11. The topological polar surface area (TPSA) is 95.7 Å². The lowest BCUT2D eigenvalue weighted by atomic mass is 10.1. The fourth-order valence-corrected chi connectivity index (χ4v) is 1.84. The Balaban J connectivity index is 2.01. The van der Waals surface area contributed by atoms with Gasteiger partial charge in [-0.25, -0.2) is 9.67 Å². The summed E-state index contributed by atoms with van der Waals surface area (Å²) in [5, 5.41) is 8.62. The molecule has 8 heteroatoms. The minimum atomic E-state index is -0.586. The first-order valence-corrected chi connectivity index (χ1v) is 6.04. The van der Waals surface area contributed by atoms with Crippen molar-refractivity contribution in [3.05, 3.63) is 18.0 Å². The molecule has 0 aliphatic heterocycles. The van der Waals surface area contributed by atoms with Crippen molar-refractivity contribution < 1.29 is 4.52 Å². The van der Waals surface area contributed by atoms with Crippen LogP contribution >= 0.6 is 11.8 Å². The smallest absolute Gasteiger partial charge is 0.237 e. The summed E-state index contributed by atoms with van der Waals surface area (Å²) in [6.07, 6.45) is 1.50. The minimum Gasteiger partial charge on any atom is -0.338 e. The molecule has 0 unspecified atom stereocenters. The molecule has 0 aliphatic rings. The van der Waals surface area contributed by atoms with Crippen LogP contribution in [0.4, 0.5) is 0 Å². The van der Waals surface area contributed by atoms with Gasteiger partial charge in [0.15, 0.2) is 11.0 Å². The largest absolute Gasteiger partial charge is 0.338 e. The van der Waals surface area contributed by atoms with Gasteiger partial charge in [0.1, 0.15) is 6.33 Å². The monoisotopic (exact) mass is 254 g/mol. The number of hydrogen-bond donors (Lipinski definition) is 1. The van der Waals surface area contributed by atoms with E-state index in [0.717, 1.165) is 5.16 Å². The van der Waals surface area contributed by atoms with Crippen LogP contribution in [0.15, 0.2) is 16.0 Å². The molecule has 2 aromatic heterocycles. The first-order chi connectivity index (χ1) is 7.97. The third-order valence-electron chi connectivity index (χ3n) is 2.04. The SMILES string of the molecule is Cn1ncnc1SCc1nc(C(C)(C)N)no1. The predicted molar refractivity (Wildman–Crippen MR) is 62.1 cm³/mol.